The van der Waals surface area contributed by atoms with E-state index in [2.05, 4.69) is 4.98 Å². The summed E-state index contributed by atoms with van der Waals surface area (Å²) in [5.74, 6) is 0.285. The molecule has 0 atom stereocenters. The predicted molar refractivity (Wildman–Crippen MR) is 101 cm³/mol. The molecule has 0 aliphatic rings. The maximum Gasteiger partial charge on any atom is 0.416 e. The van der Waals surface area contributed by atoms with Crippen molar-refractivity contribution in [1.82, 2.24) is 4.98 Å². The topological polar surface area (TPSA) is 59.5 Å². The highest BCUT2D eigenvalue weighted by Gasteiger charge is 2.22. The molecule has 0 unspecified atom stereocenters. The third-order valence-electron chi connectivity index (χ3n) is 3.96. The van der Waals surface area contributed by atoms with Crippen LogP contribution in [0.1, 0.15) is 18.1 Å². The van der Waals surface area contributed by atoms with Gasteiger partial charge in [-0.15, -0.1) is 0 Å². The lowest BCUT2D eigenvalue weighted by atomic mass is 10.1. The number of hydrogen-bond acceptors (Lipinski definition) is 4. The van der Waals surface area contributed by atoms with E-state index in [1.54, 1.807) is 6.20 Å². The Labute approximate surface area is 152 Å². The van der Waals surface area contributed by atoms with Crippen molar-refractivity contribution < 1.29 is 14.3 Å². The average molecular weight is 348 g/mol. The van der Waals surface area contributed by atoms with Gasteiger partial charge in [-0.05, 0) is 36.9 Å². The number of rotatable bonds is 5. The zero-order chi connectivity index (χ0) is 18.5. The molecule has 0 spiro atoms. The van der Waals surface area contributed by atoms with E-state index in [1.807, 2.05) is 61.5 Å². The van der Waals surface area contributed by atoms with Crippen LogP contribution in [0.25, 0.3) is 10.8 Å². The number of hydrogen-bond donors (Lipinski definition) is 0. The van der Waals surface area contributed by atoms with Crippen LogP contribution in [0.3, 0.4) is 0 Å². The normalized spacial score (nSPS) is 10.5. The number of Topliss-reactive ketones (excluding diaryl/α,β-unsaturated/α-hetero) is 1. The van der Waals surface area contributed by atoms with Crippen molar-refractivity contribution in [3.05, 3.63) is 71.9 Å². The number of aromatic nitrogens is 1. The highest BCUT2D eigenvalue weighted by molar-refractivity contribution is 6.02. The Hall–Kier alpha value is -3.21. The third kappa shape index (κ3) is 4.06. The number of benzene rings is 2. The SMILES string of the molecule is CC(=O)CN(C(=O)OCc1ccccc1)c1nccc2ccc(C)cc12. The molecule has 0 fully saturated rings. The quantitative estimate of drug-likeness (QED) is 0.691. The maximum absolute atomic E-state index is 12.7. The summed E-state index contributed by atoms with van der Waals surface area (Å²) >= 11 is 0. The molecule has 0 saturated heterocycles. The first kappa shape index (κ1) is 17.6. The molecule has 0 saturated carbocycles. The van der Waals surface area contributed by atoms with E-state index in [0.29, 0.717) is 5.82 Å². The second-order valence-electron chi connectivity index (χ2n) is 6.19. The van der Waals surface area contributed by atoms with Gasteiger partial charge in [0.15, 0.2) is 0 Å². The molecule has 2 aromatic carbocycles. The van der Waals surface area contributed by atoms with Crippen LogP contribution in [-0.4, -0.2) is 23.4 Å². The van der Waals surface area contributed by atoms with Crippen molar-refractivity contribution in [2.75, 3.05) is 11.4 Å². The fourth-order valence-electron chi connectivity index (χ4n) is 2.73. The fourth-order valence-corrected chi connectivity index (χ4v) is 2.73. The number of pyridine rings is 1. The Morgan fingerprint density at radius 3 is 2.58 bits per heavy atom. The Balaban J connectivity index is 1.92. The van der Waals surface area contributed by atoms with Crippen LogP contribution in [0.15, 0.2) is 60.8 Å². The van der Waals surface area contributed by atoms with Gasteiger partial charge in [0.2, 0.25) is 0 Å². The van der Waals surface area contributed by atoms with Crippen LogP contribution in [0, 0.1) is 6.92 Å². The molecule has 0 N–H and O–H groups in total. The van der Waals surface area contributed by atoms with Gasteiger partial charge in [-0.1, -0.05) is 48.0 Å². The first-order chi connectivity index (χ1) is 12.5. The molecule has 5 nitrogen and oxygen atoms in total. The zero-order valence-corrected chi connectivity index (χ0v) is 14.8. The molecule has 5 heteroatoms. The van der Waals surface area contributed by atoms with Crippen LogP contribution in [0.4, 0.5) is 10.6 Å². The first-order valence-electron chi connectivity index (χ1n) is 8.37. The van der Waals surface area contributed by atoms with Crippen molar-refractivity contribution in [2.24, 2.45) is 0 Å². The molecule has 26 heavy (non-hydrogen) atoms. The molecule has 3 aromatic rings. The van der Waals surface area contributed by atoms with Gasteiger partial charge in [0, 0.05) is 11.6 Å². The lowest BCUT2D eigenvalue weighted by Gasteiger charge is -2.21. The predicted octanol–water partition coefficient (Wildman–Crippen LogP) is 4.28. The first-order valence-corrected chi connectivity index (χ1v) is 8.37. The van der Waals surface area contributed by atoms with Crippen LogP contribution >= 0.6 is 0 Å². The minimum atomic E-state index is -0.592. The molecule has 0 radical (unpaired) electrons. The minimum absolute atomic E-state index is 0.0896. The van der Waals surface area contributed by atoms with Gasteiger partial charge in [0.05, 0.1) is 6.54 Å². The smallest absolute Gasteiger partial charge is 0.416 e. The van der Waals surface area contributed by atoms with E-state index >= 15 is 0 Å². The number of fused-ring (bicyclic) bond motifs is 1. The van der Waals surface area contributed by atoms with Crippen LogP contribution in [0.5, 0.6) is 0 Å². The van der Waals surface area contributed by atoms with E-state index < -0.39 is 6.09 Å². The third-order valence-corrected chi connectivity index (χ3v) is 3.96. The lowest BCUT2D eigenvalue weighted by molar-refractivity contribution is -0.115. The van der Waals surface area contributed by atoms with Crippen LogP contribution in [-0.2, 0) is 16.1 Å². The number of carbonyl (C=O) groups is 2. The van der Waals surface area contributed by atoms with Gasteiger partial charge in [-0.3, -0.25) is 9.69 Å². The summed E-state index contributed by atoms with van der Waals surface area (Å²) in [6.07, 6.45) is 1.04. The largest absolute Gasteiger partial charge is 0.444 e. The number of amides is 1. The van der Waals surface area contributed by atoms with Gasteiger partial charge >= 0.3 is 6.09 Å². The highest BCUT2D eigenvalue weighted by Crippen LogP contribution is 2.26. The molecular weight excluding hydrogens is 328 g/mol. The molecule has 0 aliphatic heterocycles. The molecule has 3 rings (SSSR count). The number of nitrogens with zero attached hydrogens (tertiary/aromatic N) is 2. The summed E-state index contributed by atoms with van der Waals surface area (Å²) < 4.78 is 5.42. The van der Waals surface area contributed by atoms with Crippen molar-refractivity contribution in [2.45, 2.75) is 20.5 Å². The van der Waals surface area contributed by atoms with Crippen LogP contribution in [0.2, 0.25) is 0 Å². The number of ether oxygens (including phenoxy) is 1. The molecule has 1 heterocycles. The Morgan fingerprint density at radius 2 is 1.85 bits per heavy atom. The monoisotopic (exact) mass is 348 g/mol. The van der Waals surface area contributed by atoms with Crippen molar-refractivity contribution >= 4 is 28.5 Å². The van der Waals surface area contributed by atoms with Crippen molar-refractivity contribution in [1.29, 1.82) is 0 Å². The average Bonchev–Trinajstić information content (AvgIpc) is 2.64. The molecule has 1 aromatic heterocycles. The summed E-state index contributed by atoms with van der Waals surface area (Å²) in [5, 5.41) is 1.76. The number of carbonyl (C=O) groups excluding carboxylic acids is 2. The van der Waals surface area contributed by atoms with E-state index in [0.717, 1.165) is 21.9 Å². The maximum atomic E-state index is 12.7. The Morgan fingerprint density at radius 1 is 1.08 bits per heavy atom. The highest BCUT2D eigenvalue weighted by atomic mass is 16.6. The van der Waals surface area contributed by atoms with E-state index in [4.69, 9.17) is 4.74 Å². The van der Waals surface area contributed by atoms with E-state index in [1.165, 1.54) is 11.8 Å². The van der Waals surface area contributed by atoms with E-state index in [9.17, 15) is 9.59 Å². The molecule has 0 aliphatic carbocycles. The standard InChI is InChI=1S/C21H20N2O3/c1-15-8-9-18-10-11-22-20(19(18)12-15)23(13-16(2)24)21(25)26-14-17-6-4-3-5-7-17/h3-12H,13-14H2,1-2H3. The van der Waals surface area contributed by atoms with Gasteiger partial charge < -0.3 is 4.74 Å². The lowest BCUT2D eigenvalue weighted by Crippen LogP contribution is -2.36. The molecular formula is C21H20N2O3. The summed E-state index contributed by atoms with van der Waals surface area (Å²) in [5.41, 5.74) is 1.93. The van der Waals surface area contributed by atoms with Crippen LogP contribution < -0.4 is 4.90 Å². The van der Waals surface area contributed by atoms with Gasteiger partial charge in [-0.2, -0.15) is 0 Å². The van der Waals surface area contributed by atoms with Gasteiger partial charge in [0.25, 0.3) is 0 Å². The zero-order valence-electron chi connectivity index (χ0n) is 14.8. The second kappa shape index (κ2) is 7.78. The molecule has 132 valence electrons. The molecule has 1 amide bonds. The minimum Gasteiger partial charge on any atom is -0.444 e. The van der Waals surface area contributed by atoms with Gasteiger partial charge in [-0.25, -0.2) is 9.78 Å². The Kier molecular flexibility index (Phi) is 5.27. The summed E-state index contributed by atoms with van der Waals surface area (Å²) in [6.45, 7) is 3.46. The number of aryl methyl sites for hydroxylation is 1. The number of anilines is 1. The van der Waals surface area contributed by atoms with Gasteiger partial charge in [0.1, 0.15) is 18.2 Å². The Bertz CT molecular complexity index is 938. The molecule has 0 bridgehead atoms. The fraction of sp³-hybridized carbons (Fsp3) is 0.190. The van der Waals surface area contributed by atoms with E-state index in [-0.39, 0.29) is 18.9 Å². The summed E-state index contributed by atoms with van der Waals surface area (Å²) in [6, 6.07) is 17.2. The summed E-state index contributed by atoms with van der Waals surface area (Å²) in [7, 11) is 0. The van der Waals surface area contributed by atoms with Crippen molar-refractivity contribution in [3.8, 4) is 0 Å². The summed E-state index contributed by atoms with van der Waals surface area (Å²) in [4.78, 5) is 30.1. The van der Waals surface area contributed by atoms with Crippen molar-refractivity contribution in [3.63, 3.8) is 0 Å². The second-order valence-corrected chi connectivity index (χ2v) is 6.19. The number of ketones is 1.